The maximum Gasteiger partial charge on any atom is 0.219 e. The number of hydrogen-bond acceptors (Lipinski definition) is 2. The van der Waals surface area contributed by atoms with Gasteiger partial charge in [0.2, 0.25) is 5.91 Å². The van der Waals surface area contributed by atoms with Crippen LogP contribution >= 0.6 is 0 Å². The van der Waals surface area contributed by atoms with Crippen LogP contribution in [0.4, 0.5) is 0 Å². The van der Waals surface area contributed by atoms with Crippen molar-refractivity contribution < 1.29 is 4.79 Å². The topological polar surface area (TPSA) is 32.3 Å². The van der Waals surface area contributed by atoms with Crippen LogP contribution in [0.25, 0.3) is 0 Å². The first-order valence-electron chi connectivity index (χ1n) is 7.74. The highest BCUT2D eigenvalue weighted by Crippen LogP contribution is 2.18. The Labute approximate surface area is 122 Å². The Bertz CT molecular complexity index is 419. The summed E-state index contributed by atoms with van der Waals surface area (Å²) in [6.45, 7) is 8.34. The fraction of sp³-hybridized carbons (Fsp3) is 0.588. The van der Waals surface area contributed by atoms with Crippen LogP contribution in [0.3, 0.4) is 0 Å². The molecule has 1 fully saturated rings. The van der Waals surface area contributed by atoms with E-state index in [1.807, 2.05) is 6.92 Å². The Morgan fingerprint density at radius 1 is 1.20 bits per heavy atom. The van der Waals surface area contributed by atoms with Gasteiger partial charge in [0, 0.05) is 19.5 Å². The van der Waals surface area contributed by atoms with Crippen molar-refractivity contribution in [3.63, 3.8) is 0 Å². The fourth-order valence-corrected chi connectivity index (χ4v) is 2.57. The van der Waals surface area contributed by atoms with Crippen molar-refractivity contribution in [3.05, 3.63) is 35.4 Å². The molecule has 3 heteroatoms. The van der Waals surface area contributed by atoms with Gasteiger partial charge in [0.1, 0.15) is 0 Å². The van der Waals surface area contributed by atoms with E-state index in [2.05, 4.69) is 41.4 Å². The van der Waals surface area contributed by atoms with Crippen LogP contribution in [0.5, 0.6) is 0 Å². The minimum Gasteiger partial charge on any atom is -0.352 e. The molecule has 1 aromatic carbocycles. The summed E-state index contributed by atoms with van der Waals surface area (Å²) in [4.78, 5) is 13.8. The Hall–Kier alpha value is -1.35. The zero-order valence-electron chi connectivity index (χ0n) is 12.7. The molecule has 1 aliphatic heterocycles. The molecule has 0 aromatic heterocycles. The molecular weight excluding hydrogens is 248 g/mol. The average molecular weight is 274 g/mol. The number of nitrogens with one attached hydrogen (secondary N) is 1. The van der Waals surface area contributed by atoms with E-state index in [1.54, 1.807) is 0 Å². The van der Waals surface area contributed by atoms with Crippen molar-refractivity contribution in [3.8, 4) is 0 Å². The first kappa shape index (κ1) is 15.0. The number of benzene rings is 1. The lowest BCUT2D eigenvalue weighted by Gasteiger charge is -2.30. The lowest BCUT2D eigenvalue weighted by molar-refractivity contribution is -0.120. The Balaban J connectivity index is 1.80. The zero-order valence-corrected chi connectivity index (χ0v) is 12.7. The van der Waals surface area contributed by atoms with Gasteiger partial charge in [-0.1, -0.05) is 38.1 Å². The first-order chi connectivity index (χ1) is 9.67. The number of nitrogens with zero attached hydrogens (tertiary/aromatic N) is 1. The molecule has 3 nitrogen and oxygen atoms in total. The van der Waals surface area contributed by atoms with Gasteiger partial charge in [-0.25, -0.2) is 0 Å². The summed E-state index contributed by atoms with van der Waals surface area (Å²) in [6, 6.07) is 8.62. The largest absolute Gasteiger partial charge is 0.352 e. The lowest BCUT2D eigenvalue weighted by Crippen LogP contribution is -2.32. The van der Waals surface area contributed by atoms with Crippen LogP contribution in [0.2, 0.25) is 0 Å². The SMILES string of the molecule is CCC(=O)NCc1ccc(CN2CCC(C)CC2)cc1. The van der Waals surface area contributed by atoms with Gasteiger partial charge in [-0.2, -0.15) is 0 Å². The Kier molecular flexibility index (Phi) is 5.60. The maximum atomic E-state index is 11.2. The molecule has 1 N–H and O–H groups in total. The maximum absolute atomic E-state index is 11.2. The molecule has 1 amide bonds. The average Bonchev–Trinajstić information content (AvgIpc) is 2.48. The lowest BCUT2D eigenvalue weighted by atomic mass is 9.99. The third-order valence-corrected chi connectivity index (χ3v) is 4.12. The molecule has 0 saturated carbocycles. The quantitative estimate of drug-likeness (QED) is 0.895. The van der Waals surface area contributed by atoms with Crippen LogP contribution < -0.4 is 5.32 Å². The van der Waals surface area contributed by atoms with Gasteiger partial charge in [0.15, 0.2) is 0 Å². The molecule has 20 heavy (non-hydrogen) atoms. The number of rotatable bonds is 5. The molecule has 0 spiro atoms. The van der Waals surface area contributed by atoms with Crippen LogP contribution in [0, 0.1) is 5.92 Å². The van der Waals surface area contributed by atoms with Gasteiger partial charge in [0.25, 0.3) is 0 Å². The van der Waals surface area contributed by atoms with Gasteiger partial charge in [0.05, 0.1) is 0 Å². The second-order valence-corrected chi connectivity index (χ2v) is 5.91. The van der Waals surface area contributed by atoms with E-state index in [1.165, 1.54) is 37.1 Å². The highest BCUT2D eigenvalue weighted by Gasteiger charge is 2.15. The molecule has 1 aliphatic rings. The van der Waals surface area contributed by atoms with E-state index < -0.39 is 0 Å². The Morgan fingerprint density at radius 2 is 1.80 bits per heavy atom. The fourth-order valence-electron chi connectivity index (χ4n) is 2.57. The summed E-state index contributed by atoms with van der Waals surface area (Å²) in [5.74, 6) is 0.993. The summed E-state index contributed by atoms with van der Waals surface area (Å²) in [5.41, 5.74) is 2.54. The Morgan fingerprint density at radius 3 is 2.40 bits per heavy atom. The molecular formula is C17H26N2O. The highest BCUT2D eigenvalue weighted by molar-refractivity contribution is 5.75. The zero-order chi connectivity index (χ0) is 14.4. The van der Waals surface area contributed by atoms with Crippen molar-refractivity contribution in [2.24, 2.45) is 5.92 Å². The highest BCUT2D eigenvalue weighted by atomic mass is 16.1. The molecule has 2 rings (SSSR count). The van der Waals surface area contributed by atoms with Gasteiger partial charge in [-0.3, -0.25) is 9.69 Å². The second-order valence-electron chi connectivity index (χ2n) is 5.91. The molecule has 1 heterocycles. The number of piperidine rings is 1. The second kappa shape index (κ2) is 7.44. The van der Waals surface area contributed by atoms with E-state index in [-0.39, 0.29) is 5.91 Å². The monoisotopic (exact) mass is 274 g/mol. The molecule has 0 atom stereocenters. The summed E-state index contributed by atoms with van der Waals surface area (Å²) < 4.78 is 0. The number of likely N-dealkylation sites (tertiary alicyclic amines) is 1. The third-order valence-electron chi connectivity index (χ3n) is 4.12. The normalized spacial score (nSPS) is 17.1. The van der Waals surface area contributed by atoms with Crippen molar-refractivity contribution in [1.29, 1.82) is 0 Å². The molecule has 0 bridgehead atoms. The van der Waals surface area contributed by atoms with E-state index >= 15 is 0 Å². The number of carbonyl (C=O) groups excluding carboxylic acids is 1. The van der Waals surface area contributed by atoms with Crippen molar-refractivity contribution in [2.75, 3.05) is 13.1 Å². The van der Waals surface area contributed by atoms with Gasteiger partial charge in [-0.15, -0.1) is 0 Å². The van der Waals surface area contributed by atoms with Gasteiger partial charge in [-0.05, 0) is 43.0 Å². The first-order valence-corrected chi connectivity index (χ1v) is 7.74. The van der Waals surface area contributed by atoms with E-state index in [0.29, 0.717) is 13.0 Å². The van der Waals surface area contributed by atoms with Crippen molar-refractivity contribution in [2.45, 2.75) is 46.2 Å². The summed E-state index contributed by atoms with van der Waals surface area (Å²) in [6.07, 6.45) is 3.19. The van der Waals surface area contributed by atoms with E-state index in [4.69, 9.17) is 0 Å². The summed E-state index contributed by atoms with van der Waals surface area (Å²) >= 11 is 0. The minimum atomic E-state index is 0.108. The number of hydrogen-bond donors (Lipinski definition) is 1. The molecule has 0 aliphatic carbocycles. The van der Waals surface area contributed by atoms with Crippen molar-refractivity contribution >= 4 is 5.91 Å². The molecule has 110 valence electrons. The van der Waals surface area contributed by atoms with E-state index in [0.717, 1.165) is 12.5 Å². The number of carbonyl (C=O) groups is 1. The van der Waals surface area contributed by atoms with Crippen molar-refractivity contribution in [1.82, 2.24) is 10.2 Å². The van der Waals surface area contributed by atoms with Crippen LogP contribution in [0.1, 0.15) is 44.2 Å². The standard InChI is InChI=1S/C17H26N2O/c1-3-17(20)18-12-15-4-6-16(7-5-15)13-19-10-8-14(2)9-11-19/h4-7,14H,3,8-13H2,1-2H3,(H,18,20). The van der Waals surface area contributed by atoms with Gasteiger partial charge >= 0.3 is 0 Å². The third kappa shape index (κ3) is 4.64. The minimum absolute atomic E-state index is 0.108. The predicted octanol–water partition coefficient (Wildman–Crippen LogP) is 2.94. The van der Waals surface area contributed by atoms with E-state index in [9.17, 15) is 4.79 Å². The molecule has 0 radical (unpaired) electrons. The molecule has 1 aromatic rings. The smallest absolute Gasteiger partial charge is 0.219 e. The van der Waals surface area contributed by atoms with Crippen LogP contribution in [-0.4, -0.2) is 23.9 Å². The van der Waals surface area contributed by atoms with Crippen LogP contribution in [0.15, 0.2) is 24.3 Å². The number of amides is 1. The predicted molar refractivity (Wildman–Crippen MR) is 82.3 cm³/mol. The molecule has 1 saturated heterocycles. The van der Waals surface area contributed by atoms with Gasteiger partial charge < -0.3 is 5.32 Å². The summed E-state index contributed by atoms with van der Waals surface area (Å²) in [5, 5.41) is 2.90. The molecule has 0 unspecified atom stereocenters. The summed E-state index contributed by atoms with van der Waals surface area (Å²) in [7, 11) is 0. The van der Waals surface area contributed by atoms with Crippen LogP contribution in [-0.2, 0) is 17.9 Å².